The van der Waals surface area contributed by atoms with E-state index in [0.717, 1.165) is 92.9 Å². The Kier molecular flexibility index (Phi) is 9.31. The zero-order valence-corrected chi connectivity index (χ0v) is 24.4. The number of hydrogen-bond donors (Lipinski definition) is 1. The van der Waals surface area contributed by atoms with Gasteiger partial charge in [0.2, 0.25) is 0 Å². The highest BCUT2D eigenvalue weighted by Crippen LogP contribution is 2.30. The normalized spacial score (nSPS) is 21.7. The fraction of sp³-hybridized carbons (Fsp3) is 0.471. The van der Waals surface area contributed by atoms with E-state index in [1.54, 1.807) is 0 Å². The van der Waals surface area contributed by atoms with Crippen LogP contribution in [0.1, 0.15) is 42.5 Å². The van der Waals surface area contributed by atoms with Gasteiger partial charge in [0.15, 0.2) is 0 Å². The van der Waals surface area contributed by atoms with Gasteiger partial charge in [-0.2, -0.15) is 0 Å². The summed E-state index contributed by atoms with van der Waals surface area (Å²) in [6.07, 6.45) is 5.73. The molecule has 3 heterocycles. The van der Waals surface area contributed by atoms with Gasteiger partial charge in [0, 0.05) is 50.9 Å². The molecule has 1 N–H and O–H groups in total. The van der Waals surface area contributed by atoms with Gasteiger partial charge < -0.3 is 19.9 Å². The average Bonchev–Trinajstić information content (AvgIpc) is 3.05. The Hall–Kier alpha value is -3.49. The number of benzene rings is 2. The minimum absolute atomic E-state index is 0.0479. The fourth-order valence-electron chi connectivity index (χ4n) is 6.45. The number of pyridine rings is 1. The number of rotatable bonds is 8. The Morgan fingerprint density at radius 2 is 1.45 bits per heavy atom. The van der Waals surface area contributed by atoms with E-state index in [9.17, 15) is 9.18 Å². The Labute approximate surface area is 248 Å². The number of piperazine rings is 1. The van der Waals surface area contributed by atoms with Crippen LogP contribution in [0.2, 0.25) is 0 Å². The molecule has 42 heavy (non-hydrogen) atoms. The van der Waals surface area contributed by atoms with E-state index < -0.39 is 0 Å². The van der Waals surface area contributed by atoms with Crippen LogP contribution >= 0.6 is 0 Å². The van der Waals surface area contributed by atoms with Gasteiger partial charge >= 0.3 is 0 Å². The second-order valence-electron chi connectivity index (χ2n) is 11.9. The van der Waals surface area contributed by atoms with Crippen LogP contribution in [0.25, 0.3) is 11.1 Å². The second kappa shape index (κ2) is 13.7. The topological polar surface area (TPSA) is 60.9 Å². The van der Waals surface area contributed by atoms with Gasteiger partial charge in [-0.25, -0.2) is 9.37 Å². The van der Waals surface area contributed by atoms with Gasteiger partial charge in [-0.3, -0.25) is 9.69 Å². The van der Waals surface area contributed by atoms with Crippen molar-refractivity contribution in [2.45, 2.75) is 38.1 Å². The van der Waals surface area contributed by atoms with Gasteiger partial charge in [-0.15, -0.1) is 0 Å². The molecule has 0 spiro atoms. The summed E-state index contributed by atoms with van der Waals surface area (Å²) in [6.45, 7) is 8.14. The molecule has 2 aromatic carbocycles. The Balaban J connectivity index is 1.00. The van der Waals surface area contributed by atoms with E-state index in [1.807, 2.05) is 42.5 Å². The summed E-state index contributed by atoms with van der Waals surface area (Å²) < 4.78 is 19.2. The number of morpholine rings is 1. The lowest BCUT2D eigenvalue weighted by atomic mass is 9.84. The molecule has 0 bridgehead atoms. The van der Waals surface area contributed by atoms with Crippen LogP contribution in [-0.4, -0.2) is 80.9 Å². The highest BCUT2D eigenvalue weighted by Gasteiger charge is 2.25. The highest BCUT2D eigenvalue weighted by molar-refractivity contribution is 5.94. The summed E-state index contributed by atoms with van der Waals surface area (Å²) >= 11 is 0. The maximum atomic E-state index is 13.6. The van der Waals surface area contributed by atoms with Crippen LogP contribution in [-0.2, 0) is 4.74 Å². The predicted molar refractivity (Wildman–Crippen MR) is 166 cm³/mol. The molecule has 8 heteroatoms. The number of aromatic nitrogens is 1. The molecule has 0 unspecified atom stereocenters. The Morgan fingerprint density at radius 3 is 2.12 bits per heavy atom. The van der Waals surface area contributed by atoms with Gasteiger partial charge in [-0.05, 0) is 92.1 Å². The third-order valence-electron chi connectivity index (χ3n) is 9.08. The molecular weight excluding hydrogens is 529 g/mol. The molecule has 2 aliphatic heterocycles. The van der Waals surface area contributed by atoms with Crippen molar-refractivity contribution in [3.8, 4) is 11.1 Å². The summed E-state index contributed by atoms with van der Waals surface area (Å²) in [6, 6.07) is 20.8. The molecule has 3 aliphatic rings. The predicted octanol–water partition coefficient (Wildman–Crippen LogP) is 5.23. The van der Waals surface area contributed by atoms with Crippen molar-refractivity contribution in [3.05, 3.63) is 78.1 Å². The van der Waals surface area contributed by atoms with E-state index in [-0.39, 0.29) is 17.8 Å². The van der Waals surface area contributed by atoms with Crippen molar-refractivity contribution >= 4 is 17.5 Å². The molecule has 0 atom stereocenters. The van der Waals surface area contributed by atoms with Crippen LogP contribution in [0.15, 0.2) is 66.7 Å². The molecule has 1 saturated carbocycles. The van der Waals surface area contributed by atoms with E-state index >= 15 is 0 Å². The number of nitrogens with one attached hydrogen (secondary N) is 1. The van der Waals surface area contributed by atoms with Crippen LogP contribution < -0.4 is 15.1 Å². The maximum Gasteiger partial charge on any atom is 0.251 e. The number of amides is 1. The molecule has 1 aliphatic carbocycles. The standard InChI is InChI=1S/C34H42FN5O2/c35-30-10-8-27(9-11-30)29-24-32(37-33(25-29)40-20-22-42-23-21-40)39-18-16-38(17-19-39)15-14-26-6-12-31(13-7-26)36-34(41)28-4-2-1-3-5-28/h1-5,8-11,24-26,31H,6-7,12-23H2,(H,36,41)/t26-,31-. The largest absolute Gasteiger partial charge is 0.378 e. The smallest absolute Gasteiger partial charge is 0.251 e. The van der Waals surface area contributed by atoms with Gasteiger partial charge in [0.25, 0.3) is 5.91 Å². The van der Waals surface area contributed by atoms with Crippen molar-refractivity contribution in [1.82, 2.24) is 15.2 Å². The van der Waals surface area contributed by atoms with Crippen molar-refractivity contribution in [2.24, 2.45) is 5.92 Å². The molecule has 0 radical (unpaired) electrons. The SMILES string of the molecule is O=C(N[C@H]1CC[C@H](CCN2CCN(c3cc(-c4ccc(F)cc4)cc(N4CCOCC4)n3)CC2)CC1)c1ccccc1. The van der Waals surface area contributed by atoms with E-state index in [0.29, 0.717) is 13.2 Å². The summed E-state index contributed by atoms with van der Waals surface area (Å²) in [5.41, 5.74) is 2.82. The number of ether oxygens (including phenoxy) is 1. The summed E-state index contributed by atoms with van der Waals surface area (Å²) in [7, 11) is 0. The summed E-state index contributed by atoms with van der Waals surface area (Å²) in [5.74, 6) is 2.52. The first-order valence-electron chi connectivity index (χ1n) is 15.5. The van der Waals surface area contributed by atoms with E-state index in [4.69, 9.17) is 9.72 Å². The van der Waals surface area contributed by atoms with Crippen LogP contribution in [0.5, 0.6) is 0 Å². The van der Waals surface area contributed by atoms with Crippen LogP contribution in [0, 0.1) is 11.7 Å². The zero-order valence-electron chi connectivity index (χ0n) is 24.4. The Morgan fingerprint density at radius 1 is 0.810 bits per heavy atom. The van der Waals surface area contributed by atoms with Crippen molar-refractivity contribution in [3.63, 3.8) is 0 Å². The van der Waals surface area contributed by atoms with Crippen LogP contribution in [0.4, 0.5) is 16.0 Å². The molecule has 6 rings (SSSR count). The highest BCUT2D eigenvalue weighted by atomic mass is 19.1. The van der Waals surface area contributed by atoms with Crippen molar-refractivity contribution < 1.29 is 13.9 Å². The first-order valence-corrected chi connectivity index (χ1v) is 15.5. The molecule has 222 valence electrons. The second-order valence-corrected chi connectivity index (χ2v) is 11.9. The monoisotopic (exact) mass is 571 g/mol. The van der Waals surface area contributed by atoms with Crippen molar-refractivity contribution in [1.29, 1.82) is 0 Å². The summed E-state index contributed by atoms with van der Waals surface area (Å²) in [4.78, 5) is 24.9. The zero-order chi connectivity index (χ0) is 28.7. The van der Waals surface area contributed by atoms with Gasteiger partial charge in [0.1, 0.15) is 17.5 Å². The molecular formula is C34H42FN5O2. The van der Waals surface area contributed by atoms with E-state index in [1.165, 1.54) is 31.4 Å². The minimum Gasteiger partial charge on any atom is -0.378 e. The van der Waals surface area contributed by atoms with Gasteiger partial charge in [-0.1, -0.05) is 30.3 Å². The first-order chi connectivity index (χ1) is 20.6. The number of carbonyl (C=O) groups is 1. The quantitative estimate of drug-likeness (QED) is 0.400. The molecule has 3 aromatic rings. The molecule has 7 nitrogen and oxygen atoms in total. The van der Waals surface area contributed by atoms with Gasteiger partial charge in [0.05, 0.1) is 13.2 Å². The first kappa shape index (κ1) is 28.6. The third kappa shape index (κ3) is 7.28. The lowest BCUT2D eigenvalue weighted by Crippen LogP contribution is -2.47. The summed E-state index contributed by atoms with van der Waals surface area (Å²) in [5, 5.41) is 3.24. The number of carbonyl (C=O) groups excluding carboxylic acids is 1. The van der Waals surface area contributed by atoms with E-state index in [2.05, 4.69) is 32.1 Å². The lowest BCUT2D eigenvalue weighted by molar-refractivity contribution is 0.0919. The van der Waals surface area contributed by atoms with Crippen molar-refractivity contribution in [2.75, 3.05) is 68.8 Å². The number of halogens is 1. The maximum absolute atomic E-state index is 13.6. The molecule has 3 fully saturated rings. The fourth-order valence-corrected chi connectivity index (χ4v) is 6.45. The molecule has 1 aromatic heterocycles. The average molecular weight is 572 g/mol. The number of nitrogens with zero attached hydrogens (tertiary/aromatic N) is 4. The number of anilines is 2. The third-order valence-corrected chi connectivity index (χ3v) is 9.08. The lowest BCUT2D eigenvalue weighted by Gasteiger charge is -2.37. The minimum atomic E-state index is -0.222. The van der Waals surface area contributed by atoms with Crippen LogP contribution in [0.3, 0.4) is 0 Å². The Bertz CT molecular complexity index is 1300. The number of hydrogen-bond acceptors (Lipinski definition) is 6. The molecule has 1 amide bonds. The molecule has 2 saturated heterocycles.